The van der Waals surface area contributed by atoms with Gasteiger partial charge in [0.15, 0.2) is 6.17 Å². The van der Waals surface area contributed by atoms with Crippen molar-refractivity contribution in [3.05, 3.63) is 180 Å². The lowest BCUT2D eigenvalue weighted by molar-refractivity contribution is 0.402. The number of rotatable bonds is 5. The molecule has 5 aromatic carbocycles. The van der Waals surface area contributed by atoms with E-state index >= 15 is 4.39 Å². The fourth-order valence-electron chi connectivity index (χ4n) is 7.58. The van der Waals surface area contributed by atoms with E-state index in [1.807, 2.05) is 79.0 Å². The lowest BCUT2D eigenvalue weighted by Crippen LogP contribution is -2.31. The molecule has 4 nitrogen and oxygen atoms in total. The highest BCUT2D eigenvalue weighted by Crippen LogP contribution is 2.55. The normalized spacial score (nSPS) is 14.1. The van der Waals surface area contributed by atoms with E-state index < -0.39 is 6.17 Å². The van der Waals surface area contributed by atoms with Crippen LogP contribution in [0.1, 0.15) is 42.3 Å². The van der Waals surface area contributed by atoms with Gasteiger partial charge >= 0.3 is 0 Å². The summed E-state index contributed by atoms with van der Waals surface area (Å²) in [5.74, 6) is 0.849. The van der Waals surface area contributed by atoms with Crippen LogP contribution in [0.5, 0.6) is 0 Å². The molecule has 236 valence electrons. The molecule has 0 radical (unpaired) electrons. The zero-order chi connectivity index (χ0) is 33.1. The van der Waals surface area contributed by atoms with Gasteiger partial charge in [-0.1, -0.05) is 105 Å². The van der Waals surface area contributed by atoms with Gasteiger partial charge in [0.05, 0.1) is 22.4 Å². The van der Waals surface area contributed by atoms with Crippen LogP contribution in [0.25, 0.3) is 38.8 Å². The van der Waals surface area contributed by atoms with Crippen LogP contribution in [0, 0.1) is 0 Å². The summed E-state index contributed by atoms with van der Waals surface area (Å²) in [6, 6.07) is 49.1. The van der Waals surface area contributed by atoms with Crippen molar-refractivity contribution in [1.82, 2.24) is 14.5 Å². The Morgan fingerprint density at radius 2 is 1.33 bits per heavy atom. The zero-order valence-corrected chi connectivity index (χ0v) is 27.3. The first kappa shape index (κ1) is 29.1. The molecule has 3 aromatic heterocycles. The quantitative estimate of drug-likeness (QED) is 0.188. The molecule has 9 rings (SSSR count). The second-order valence-electron chi connectivity index (χ2n) is 13.2. The molecule has 5 heteroatoms. The Bertz CT molecular complexity index is 2500. The monoisotopic (exact) mass is 636 g/mol. The summed E-state index contributed by atoms with van der Waals surface area (Å²) in [5.41, 5.74) is 10.1. The van der Waals surface area contributed by atoms with Crippen LogP contribution < -0.4 is 4.90 Å². The molecule has 0 saturated heterocycles. The molecule has 4 heterocycles. The second kappa shape index (κ2) is 11.3. The first-order valence-electron chi connectivity index (χ1n) is 16.6. The molecule has 0 spiro atoms. The number of hydrogen-bond acceptors (Lipinski definition) is 3. The Labute approximate surface area is 284 Å². The molecule has 1 aliphatic rings. The number of para-hydroxylation sites is 2. The van der Waals surface area contributed by atoms with Gasteiger partial charge in [0.1, 0.15) is 5.82 Å². The summed E-state index contributed by atoms with van der Waals surface area (Å²) in [4.78, 5) is 11.8. The molecule has 1 atom stereocenters. The average molecular weight is 637 g/mol. The number of pyridine rings is 2. The minimum Gasteiger partial charge on any atom is -0.307 e. The zero-order valence-electron chi connectivity index (χ0n) is 27.3. The fraction of sp³-hybridized carbons (Fsp3) is 0.0909. The van der Waals surface area contributed by atoms with Crippen LogP contribution in [0.4, 0.5) is 21.6 Å². The molecule has 0 saturated carbocycles. The standard InChI is InChI=1S/C44H33FN4/c1-44(2)36-24-23-35-34-19-6-7-22-39(34)48(32-16-4-3-5-17-32)41(35)42(36)49(43-37(44)20-12-26-47-43)33-18-11-15-31(28-33)40(45)30-14-10-13-29(27-30)38-21-8-9-25-46-38/h3-28,40H,1-2H3. The predicted molar refractivity (Wildman–Crippen MR) is 198 cm³/mol. The third kappa shape index (κ3) is 4.57. The topological polar surface area (TPSA) is 34.0 Å². The van der Waals surface area contributed by atoms with E-state index in [0.717, 1.165) is 56.1 Å². The molecule has 0 bridgehead atoms. The third-order valence-electron chi connectivity index (χ3n) is 9.95. The van der Waals surface area contributed by atoms with Gasteiger partial charge in [0.25, 0.3) is 0 Å². The average Bonchev–Trinajstić information content (AvgIpc) is 3.50. The summed E-state index contributed by atoms with van der Waals surface area (Å²) in [5, 5.41) is 2.34. The van der Waals surface area contributed by atoms with E-state index in [0.29, 0.717) is 11.1 Å². The largest absolute Gasteiger partial charge is 0.307 e. The van der Waals surface area contributed by atoms with E-state index in [2.05, 4.69) is 101 Å². The van der Waals surface area contributed by atoms with E-state index in [1.165, 1.54) is 10.9 Å². The number of hydrogen-bond donors (Lipinski definition) is 0. The Morgan fingerprint density at radius 3 is 2.16 bits per heavy atom. The molecule has 1 aliphatic heterocycles. The third-order valence-corrected chi connectivity index (χ3v) is 9.95. The Kier molecular flexibility index (Phi) is 6.70. The van der Waals surface area contributed by atoms with E-state index in [1.54, 1.807) is 6.20 Å². The lowest BCUT2D eigenvalue weighted by Gasteiger charge is -2.41. The summed E-state index contributed by atoms with van der Waals surface area (Å²) in [7, 11) is 0. The van der Waals surface area contributed by atoms with E-state index in [9.17, 15) is 0 Å². The fourth-order valence-corrected chi connectivity index (χ4v) is 7.58. The molecule has 0 fully saturated rings. The lowest BCUT2D eigenvalue weighted by atomic mass is 9.74. The van der Waals surface area contributed by atoms with Gasteiger partial charge in [0.2, 0.25) is 0 Å². The van der Waals surface area contributed by atoms with Crippen molar-refractivity contribution < 1.29 is 4.39 Å². The van der Waals surface area contributed by atoms with Gasteiger partial charge in [-0.15, -0.1) is 0 Å². The summed E-state index contributed by atoms with van der Waals surface area (Å²) >= 11 is 0. The van der Waals surface area contributed by atoms with Crippen LogP contribution in [0.15, 0.2) is 158 Å². The van der Waals surface area contributed by atoms with Gasteiger partial charge in [-0.25, -0.2) is 9.37 Å². The first-order valence-corrected chi connectivity index (χ1v) is 16.6. The number of aromatic nitrogens is 3. The number of anilines is 3. The van der Waals surface area contributed by atoms with Gasteiger partial charge in [0, 0.05) is 51.1 Å². The maximum atomic E-state index is 16.6. The molecule has 8 aromatic rings. The van der Waals surface area contributed by atoms with Crippen molar-refractivity contribution in [3.8, 4) is 16.9 Å². The van der Waals surface area contributed by atoms with Crippen LogP contribution in [-0.4, -0.2) is 14.5 Å². The summed E-state index contributed by atoms with van der Waals surface area (Å²) in [6.07, 6.45) is 2.28. The first-order chi connectivity index (χ1) is 24.0. The van der Waals surface area contributed by atoms with Crippen molar-refractivity contribution in [2.45, 2.75) is 25.4 Å². The Hall–Kier alpha value is -6.07. The smallest absolute Gasteiger partial charge is 0.150 e. The van der Waals surface area contributed by atoms with Crippen molar-refractivity contribution >= 4 is 39.0 Å². The highest BCUT2D eigenvalue weighted by atomic mass is 19.1. The van der Waals surface area contributed by atoms with Gasteiger partial charge in [-0.2, -0.15) is 0 Å². The number of halogens is 1. The minimum absolute atomic E-state index is 0.340. The molecule has 1 unspecified atom stereocenters. The van der Waals surface area contributed by atoms with Crippen molar-refractivity contribution in [1.29, 1.82) is 0 Å². The molecular formula is C44H33FN4. The number of benzene rings is 5. The van der Waals surface area contributed by atoms with Gasteiger partial charge in [-0.3, -0.25) is 9.88 Å². The molecular weight excluding hydrogens is 604 g/mol. The highest BCUT2D eigenvalue weighted by Gasteiger charge is 2.40. The SMILES string of the molecule is CC1(C)c2cccnc2N(c2cccc(C(F)c3cccc(-c4ccccn4)c3)c2)c2c1ccc1c3ccccc3n(-c3ccccc3)c21. The number of fused-ring (bicyclic) bond motifs is 6. The Morgan fingerprint density at radius 1 is 0.592 bits per heavy atom. The Balaban J connectivity index is 1.29. The van der Waals surface area contributed by atoms with Gasteiger partial charge < -0.3 is 4.57 Å². The van der Waals surface area contributed by atoms with Crippen LogP contribution >= 0.6 is 0 Å². The van der Waals surface area contributed by atoms with Crippen LogP contribution in [0.3, 0.4) is 0 Å². The van der Waals surface area contributed by atoms with Crippen LogP contribution in [0.2, 0.25) is 0 Å². The van der Waals surface area contributed by atoms with Crippen molar-refractivity contribution in [2.75, 3.05) is 4.90 Å². The highest BCUT2D eigenvalue weighted by molar-refractivity contribution is 6.15. The van der Waals surface area contributed by atoms with E-state index in [4.69, 9.17) is 4.98 Å². The van der Waals surface area contributed by atoms with Gasteiger partial charge in [-0.05, 0) is 71.3 Å². The van der Waals surface area contributed by atoms with Crippen molar-refractivity contribution in [3.63, 3.8) is 0 Å². The second-order valence-corrected chi connectivity index (χ2v) is 13.2. The van der Waals surface area contributed by atoms with E-state index in [-0.39, 0.29) is 5.41 Å². The molecule has 0 N–H and O–H groups in total. The molecule has 49 heavy (non-hydrogen) atoms. The summed E-state index contributed by atoms with van der Waals surface area (Å²) < 4.78 is 19.0. The molecule has 0 aliphatic carbocycles. The van der Waals surface area contributed by atoms with Crippen molar-refractivity contribution in [2.24, 2.45) is 0 Å². The summed E-state index contributed by atoms with van der Waals surface area (Å²) in [6.45, 7) is 4.54. The maximum Gasteiger partial charge on any atom is 0.150 e. The number of alkyl halides is 1. The molecule has 0 amide bonds. The predicted octanol–water partition coefficient (Wildman–Crippen LogP) is 11.4. The minimum atomic E-state index is -1.33. The maximum absolute atomic E-state index is 16.6. The number of nitrogens with zero attached hydrogens (tertiary/aromatic N) is 4. The van der Waals surface area contributed by atoms with Crippen LogP contribution in [-0.2, 0) is 5.41 Å².